The number of thiazole rings is 1. The molecule has 0 radical (unpaired) electrons. The Morgan fingerprint density at radius 2 is 2.32 bits per heavy atom. The molecule has 1 unspecified atom stereocenters. The molecule has 7 nitrogen and oxygen atoms in total. The number of nitrogens with zero attached hydrogens (tertiary/aromatic N) is 2. The van der Waals surface area contributed by atoms with Crippen molar-refractivity contribution in [1.82, 2.24) is 19.5 Å². The number of sulfonamides is 1. The van der Waals surface area contributed by atoms with Crippen molar-refractivity contribution in [2.45, 2.75) is 30.6 Å². The number of H-pyrrole nitrogens is 1. The molecule has 0 aliphatic heterocycles. The minimum atomic E-state index is -3.68. The first-order valence-corrected chi connectivity index (χ1v) is 7.88. The number of hydrogen-bond acceptors (Lipinski definition) is 5. The maximum absolute atomic E-state index is 12.1. The highest BCUT2D eigenvalue weighted by molar-refractivity contribution is 7.91. The second kappa shape index (κ2) is 5.27. The van der Waals surface area contributed by atoms with E-state index in [1.165, 1.54) is 0 Å². The van der Waals surface area contributed by atoms with Crippen molar-refractivity contribution in [1.29, 1.82) is 0 Å². The smallest absolute Gasteiger partial charge is 0.305 e. The van der Waals surface area contributed by atoms with Crippen molar-refractivity contribution in [3.05, 3.63) is 33.8 Å². The van der Waals surface area contributed by atoms with Crippen LogP contribution < -0.4 is 9.60 Å². The van der Waals surface area contributed by atoms with Crippen LogP contribution in [0.2, 0.25) is 0 Å². The highest BCUT2D eigenvalue weighted by Gasteiger charge is 2.22. The molecule has 0 fully saturated rings. The number of aromatic amines is 1. The van der Waals surface area contributed by atoms with Crippen LogP contribution in [0.15, 0.2) is 27.5 Å². The molecule has 9 heteroatoms. The first-order chi connectivity index (χ1) is 8.88. The van der Waals surface area contributed by atoms with Gasteiger partial charge in [-0.15, -0.1) is 0 Å². The molecule has 0 aromatic carbocycles. The van der Waals surface area contributed by atoms with Crippen LogP contribution in [0.25, 0.3) is 0 Å². The van der Waals surface area contributed by atoms with E-state index in [2.05, 4.69) is 14.8 Å². The number of aryl methyl sites for hydroxylation is 1. The lowest BCUT2D eigenvalue weighted by Crippen LogP contribution is -2.35. The third-order valence-electron chi connectivity index (χ3n) is 2.40. The third-order valence-corrected chi connectivity index (χ3v) is 5.60. The predicted octanol–water partition coefficient (Wildman–Crippen LogP) is 0.308. The first-order valence-electron chi connectivity index (χ1n) is 5.58. The fraction of sp³-hybridized carbons (Fsp3) is 0.400. The lowest BCUT2D eigenvalue weighted by molar-refractivity contribution is 0.494. The zero-order chi connectivity index (χ0) is 14.0. The van der Waals surface area contributed by atoms with E-state index in [9.17, 15) is 13.2 Å². The summed E-state index contributed by atoms with van der Waals surface area (Å²) >= 11 is 0.687. The Bertz CT molecular complexity index is 699. The molecular weight excluding hydrogens is 288 g/mol. The van der Waals surface area contributed by atoms with E-state index in [1.54, 1.807) is 37.0 Å². The molecule has 0 aliphatic carbocycles. The molecule has 2 heterocycles. The molecule has 104 valence electrons. The fourth-order valence-corrected chi connectivity index (χ4v) is 4.24. The maximum Gasteiger partial charge on any atom is 0.305 e. The zero-order valence-corrected chi connectivity index (χ0v) is 12.1. The van der Waals surface area contributed by atoms with Gasteiger partial charge in [0, 0.05) is 24.1 Å². The zero-order valence-electron chi connectivity index (χ0n) is 10.5. The highest BCUT2D eigenvalue weighted by atomic mass is 32.2. The van der Waals surface area contributed by atoms with E-state index >= 15 is 0 Å². The van der Waals surface area contributed by atoms with Crippen LogP contribution in [-0.2, 0) is 16.6 Å². The van der Waals surface area contributed by atoms with Gasteiger partial charge in [-0.2, -0.15) is 5.10 Å². The minimum Gasteiger partial charge on any atom is -0.315 e. The molecule has 2 N–H and O–H groups in total. The Morgan fingerprint density at radius 3 is 2.84 bits per heavy atom. The van der Waals surface area contributed by atoms with Crippen LogP contribution in [-0.4, -0.2) is 29.2 Å². The molecule has 1 atom stereocenters. The molecule has 0 spiro atoms. The molecule has 2 aromatic heterocycles. The van der Waals surface area contributed by atoms with Crippen molar-refractivity contribution in [2.24, 2.45) is 0 Å². The molecule has 2 aromatic rings. The number of hydrogen-bond donors (Lipinski definition) is 2. The van der Waals surface area contributed by atoms with E-state index in [4.69, 9.17) is 0 Å². The van der Waals surface area contributed by atoms with Gasteiger partial charge in [-0.1, -0.05) is 11.3 Å². The topological polar surface area (TPSA) is 96.9 Å². The van der Waals surface area contributed by atoms with Gasteiger partial charge in [0.1, 0.15) is 0 Å². The number of rotatable bonds is 5. The summed E-state index contributed by atoms with van der Waals surface area (Å²) in [7, 11) is -3.68. The summed E-state index contributed by atoms with van der Waals surface area (Å²) in [6, 6.07) is 1.44. The molecule has 19 heavy (non-hydrogen) atoms. The Hall–Kier alpha value is -1.45. The van der Waals surface area contributed by atoms with Crippen LogP contribution in [0, 0.1) is 6.92 Å². The Labute approximate surface area is 114 Å². The van der Waals surface area contributed by atoms with Gasteiger partial charge in [0.15, 0.2) is 4.21 Å². The van der Waals surface area contributed by atoms with Gasteiger partial charge in [-0.05, 0) is 19.9 Å². The van der Waals surface area contributed by atoms with Gasteiger partial charge in [0.25, 0.3) is 10.0 Å². The summed E-state index contributed by atoms with van der Waals surface area (Å²) in [4.78, 5) is 13.2. The summed E-state index contributed by atoms with van der Waals surface area (Å²) in [6.45, 7) is 3.72. The van der Waals surface area contributed by atoms with Gasteiger partial charge in [-0.25, -0.2) is 13.1 Å². The molecule has 0 saturated carbocycles. The quantitative estimate of drug-likeness (QED) is 0.830. The SMILES string of the molecule is Cc1[nH]c(=O)sc1S(=O)(=O)NC(C)Cn1cccn1. The second-order valence-corrected chi connectivity index (χ2v) is 7.07. The lowest BCUT2D eigenvalue weighted by Gasteiger charge is -2.13. The average molecular weight is 302 g/mol. The fourth-order valence-electron chi connectivity index (χ4n) is 1.69. The number of nitrogens with one attached hydrogen (secondary N) is 2. The monoisotopic (exact) mass is 302 g/mol. The van der Waals surface area contributed by atoms with Crippen LogP contribution in [0.1, 0.15) is 12.6 Å². The molecule has 0 bridgehead atoms. The molecule has 2 rings (SSSR count). The normalized spacial score (nSPS) is 13.6. The highest BCUT2D eigenvalue weighted by Crippen LogP contribution is 2.15. The van der Waals surface area contributed by atoms with Crippen LogP contribution in [0.4, 0.5) is 0 Å². The van der Waals surface area contributed by atoms with E-state index in [0.717, 1.165) is 0 Å². The largest absolute Gasteiger partial charge is 0.315 e. The van der Waals surface area contributed by atoms with Crippen molar-refractivity contribution in [2.75, 3.05) is 0 Å². The summed E-state index contributed by atoms with van der Waals surface area (Å²) in [6.07, 6.45) is 3.38. The van der Waals surface area contributed by atoms with Gasteiger partial charge in [0.05, 0.1) is 6.54 Å². The lowest BCUT2D eigenvalue weighted by atomic mass is 10.4. The molecular formula is C10H14N4O3S2. The van der Waals surface area contributed by atoms with E-state index in [-0.39, 0.29) is 15.1 Å². The first kappa shape index (κ1) is 14.0. The standard InChI is InChI=1S/C10H14N4O3S2/c1-7(6-14-5-3-4-11-14)13-19(16,17)9-8(2)12-10(15)18-9/h3-5,7,13H,6H2,1-2H3,(H,12,15). The average Bonchev–Trinajstić information content (AvgIpc) is 2.87. The van der Waals surface area contributed by atoms with Gasteiger partial charge in [0.2, 0.25) is 0 Å². The summed E-state index contributed by atoms with van der Waals surface area (Å²) in [5.41, 5.74) is 0.355. The summed E-state index contributed by atoms with van der Waals surface area (Å²) < 4.78 is 28.4. The van der Waals surface area contributed by atoms with Crippen LogP contribution in [0.5, 0.6) is 0 Å². The summed E-state index contributed by atoms with van der Waals surface area (Å²) in [5.74, 6) is 0. The van der Waals surface area contributed by atoms with Crippen molar-refractivity contribution < 1.29 is 8.42 Å². The maximum atomic E-state index is 12.1. The third kappa shape index (κ3) is 3.31. The van der Waals surface area contributed by atoms with Gasteiger partial charge >= 0.3 is 4.87 Å². The summed E-state index contributed by atoms with van der Waals surface area (Å²) in [5, 5.41) is 4.01. The molecule has 0 aliphatic rings. The predicted molar refractivity (Wildman–Crippen MR) is 71.7 cm³/mol. The van der Waals surface area contributed by atoms with Crippen molar-refractivity contribution >= 4 is 21.4 Å². The molecule has 0 amide bonds. The van der Waals surface area contributed by atoms with Crippen LogP contribution in [0.3, 0.4) is 0 Å². The number of aromatic nitrogens is 3. The Balaban J connectivity index is 2.13. The second-order valence-electron chi connectivity index (χ2n) is 4.18. The van der Waals surface area contributed by atoms with E-state index in [1.807, 2.05) is 0 Å². The van der Waals surface area contributed by atoms with Crippen molar-refractivity contribution in [3.63, 3.8) is 0 Å². The van der Waals surface area contributed by atoms with Gasteiger partial charge in [-0.3, -0.25) is 9.48 Å². The van der Waals surface area contributed by atoms with E-state index < -0.39 is 10.0 Å². The minimum absolute atomic E-state index is 0.0322. The van der Waals surface area contributed by atoms with Crippen molar-refractivity contribution in [3.8, 4) is 0 Å². The Morgan fingerprint density at radius 1 is 1.58 bits per heavy atom. The van der Waals surface area contributed by atoms with Gasteiger partial charge < -0.3 is 4.98 Å². The van der Waals surface area contributed by atoms with E-state index in [0.29, 0.717) is 23.6 Å². The molecule has 0 saturated heterocycles. The van der Waals surface area contributed by atoms with Crippen LogP contribution >= 0.6 is 11.3 Å². The Kier molecular flexibility index (Phi) is 3.88.